The van der Waals surface area contributed by atoms with Gasteiger partial charge in [-0.3, -0.25) is 4.98 Å². The van der Waals surface area contributed by atoms with Crippen LogP contribution >= 0.6 is 11.6 Å². The molecule has 0 aliphatic heterocycles. The van der Waals surface area contributed by atoms with E-state index in [2.05, 4.69) is 36.7 Å². The average molecular weight is 688 g/mol. The van der Waals surface area contributed by atoms with Gasteiger partial charge in [-0.15, -0.1) is 24.8 Å². The number of urea groups is 1. The van der Waals surface area contributed by atoms with E-state index in [4.69, 9.17) is 0 Å². The predicted molar refractivity (Wildman–Crippen MR) is 166 cm³/mol. The van der Waals surface area contributed by atoms with Crippen molar-refractivity contribution < 1.29 is 45.0 Å². The summed E-state index contributed by atoms with van der Waals surface area (Å²) in [7, 11) is 0. The first-order chi connectivity index (χ1) is 22.3. The van der Waals surface area contributed by atoms with Crippen molar-refractivity contribution in [3.63, 3.8) is 0 Å². The van der Waals surface area contributed by atoms with Crippen LogP contribution in [-0.2, 0) is 12.0 Å². The fraction of sp³-hybridized carbons (Fsp3) is 0.273. The Morgan fingerprint density at radius 1 is 0.851 bits per heavy atom. The molecular weight excluding hydrogens is 655 g/mol. The molecule has 47 heavy (non-hydrogen) atoms. The van der Waals surface area contributed by atoms with Crippen molar-refractivity contribution in [1.29, 1.82) is 0 Å². The molecule has 0 radical (unpaired) electrons. The van der Waals surface area contributed by atoms with Gasteiger partial charge in [-0.1, -0.05) is 74.5 Å². The summed E-state index contributed by atoms with van der Waals surface area (Å²) in [5.74, 6) is -1.31. The van der Waals surface area contributed by atoms with E-state index < -0.39 is 42.0 Å². The summed E-state index contributed by atoms with van der Waals surface area (Å²) in [6, 6.07) is 20.5. The number of halogens is 8. The van der Waals surface area contributed by atoms with E-state index in [1.807, 2.05) is 13.8 Å². The first-order valence-electron chi connectivity index (χ1n) is 14.0. The molecule has 1 heterocycles. The van der Waals surface area contributed by atoms with Crippen LogP contribution in [-0.4, -0.2) is 36.3 Å². The van der Waals surface area contributed by atoms with Crippen molar-refractivity contribution >= 4 is 23.3 Å². The zero-order valence-corrected chi connectivity index (χ0v) is 26.5. The van der Waals surface area contributed by atoms with Crippen LogP contribution in [0.2, 0.25) is 0 Å². The van der Waals surface area contributed by atoms with Crippen molar-refractivity contribution in [3.8, 4) is 11.5 Å². The molecule has 1 atom stereocenters. The van der Waals surface area contributed by atoms with Crippen molar-refractivity contribution in [1.82, 2.24) is 10.3 Å². The van der Waals surface area contributed by atoms with Gasteiger partial charge in [0, 0.05) is 19.0 Å². The van der Waals surface area contributed by atoms with Crippen LogP contribution in [0.15, 0.2) is 97.2 Å². The molecular formula is C33H33ClF7N3O3. The summed E-state index contributed by atoms with van der Waals surface area (Å²) in [5.41, 5.74) is -0.321. The van der Waals surface area contributed by atoms with E-state index in [1.54, 1.807) is 49.4 Å². The van der Waals surface area contributed by atoms with Crippen LogP contribution in [0.5, 0.6) is 11.5 Å². The van der Waals surface area contributed by atoms with E-state index >= 15 is 0 Å². The number of carbonyl (C=O) groups is 1. The number of anilines is 1. The summed E-state index contributed by atoms with van der Waals surface area (Å²) in [6.07, 6.45) is -11.1. The number of rotatable bonds is 10. The highest BCUT2D eigenvalue weighted by molar-refractivity contribution is 6.15. The SMILES string of the molecule is CC.CCl.Cc1ccc([C@@](Cc2ccccc2)(NC(=O)Nc2ccccc2OC(F)(F)F)c2cccc(OC(F)(F)C(F)F)c2)nc1. The topological polar surface area (TPSA) is 72.5 Å². The maximum Gasteiger partial charge on any atom is 0.573 e. The van der Waals surface area contributed by atoms with Crippen LogP contribution in [0.4, 0.5) is 41.2 Å². The Morgan fingerprint density at radius 2 is 1.49 bits per heavy atom. The quantitative estimate of drug-likeness (QED) is 0.129. The predicted octanol–water partition coefficient (Wildman–Crippen LogP) is 9.71. The fourth-order valence-electron chi connectivity index (χ4n) is 4.30. The molecule has 254 valence electrons. The smallest absolute Gasteiger partial charge is 0.428 e. The molecule has 0 saturated heterocycles. The number of pyridine rings is 1. The first-order valence-corrected chi connectivity index (χ1v) is 14.8. The third kappa shape index (κ3) is 11.1. The number of benzene rings is 3. The monoisotopic (exact) mass is 687 g/mol. The van der Waals surface area contributed by atoms with Gasteiger partial charge in [-0.25, -0.2) is 4.79 Å². The largest absolute Gasteiger partial charge is 0.573 e. The van der Waals surface area contributed by atoms with E-state index in [-0.39, 0.29) is 23.4 Å². The van der Waals surface area contributed by atoms with Gasteiger partial charge >= 0.3 is 24.9 Å². The Morgan fingerprint density at radius 3 is 2.09 bits per heavy atom. The number of alkyl halides is 8. The van der Waals surface area contributed by atoms with Crippen molar-refractivity contribution in [2.45, 2.75) is 51.6 Å². The van der Waals surface area contributed by atoms with Gasteiger partial charge < -0.3 is 20.1 Å². The summed E-state index contributed by atoms with van der Waals surface area (Å²) >= 11 is 4.64. The van der Waals surface area contributed by atoms with Gasteiger partial charge in [-0.2, -0.15) is 17.6 Å². The molecule has 14 heteroatoms. The molecule has 1 aromatic heterocycles. The molecule has 2 N–H and O–H groups in total. The minimum Gasteiger partial charge on any atom is -0.428 e. The number of ether oxygens (including phenoxy) is 2. The highest BCUT2D eigenvalue weighted by Crippen LogP contribution is 2.37. The summed E-state index contributed by atoms with van der Waals surface area (Å²) in [5, 5.41) is 5.08. The number of amides is 2. The minimum atomic E-state index is -5.04. The van der Waals surface area contributed by atoms with Gasteiger partial charge in [-0.05, 0) is 53.9 Å². The second-order valence-corrected chi connectivity index (χ2v) is 9.40. The number of para-hydroxylation sites is 2. The normalized spacial score (nSPS) is 12.4. The molecule has 4 rings (SSSR count). The molecule has 6 nitrogen and oxygen atoms in total. The molecule has 0 aliphatic carbocycles. The number of nitrogens with zero attached hydrogens (tertiary/aromatic N) is 1. The van der Waals surface area contributed by atoms with Gasteiger partial charge in [0.05, 0.1) is 11.4 Å². The van der Waals surface area contributed by atoms with Crippen LogP contribution < -0.4 is 20.1 Å². The van der Waals surface area contributed by atoms with E-state index in [1.165, 1.54) is 42.9 Å². The molecule has 0 spiro atoms. The van der Waals surface area contributed by atoms with Gasteiger partial charge in [0.2, 0.25) is 0 Å². The first kappa shape index (κ1) is 38.7. The highest BCUT2D eigenvalue weighted by atomic mass is 35.5. The zero-order chi connectivity index (χ0) is 35.3. The molecule has 0 saturated carbocycles. The Hall–Kier alpha value is -4.52. The zero-order valence-electron chi connectivity index (χ0n) is 25.7. The number of aromatic nitrogens is 1. The van der Waals surface area contributed by atoms with Crippen LogP contribution in [0.1, 0.15) is 36.2 Å². The molecule has 0 aliphatic rings. The van der Waals surface area contributed by atoms with E-state index in [9.17, 15) is 35.5 Å². The lowest BCUT2D eigenvalue weighted by atomic mass is 9.80. The third-order valence-corrected chi connectivity index (χ3v) is 6.18. The van der Waals surface area contributed by atoms with Gasteiger partial charge in [0.25, 0.3) is 0 Å². The fourth-order valence-corrected chi connectivity index (χ4v) is 4.30. The van der Waals surface area contributed by atoms with Crippen LogP contribution in [0, 0.1) is 6.92 Å². The number of nitrogens with one attached hydrogen (secondary N) is 2. The van der Waals surface area contributed by atoms with Crippen LogP contribution in [0.3, 0.4) is 0 Å². The molecule has 0 bridgehead atoms. The molecule has 4 aromatic rings. The summed E-state index contributed by atoms with van der Waals surface area (Å²) in [4.78, 5) is 18.0. The Labute approximate surface area is 272 Å². The number of carbonyl (C=O) groups excluding carboxylic acids is 1. The Kier molecular flexibility index (Phi) is 14.3. The van der Waals surface area contributed by atoms with Crippen LogP contribution in [0.25, 0.3) is 0 Å². The van der Waals surface area contributed by atoms with Gasteiger partial charge in [0.1, 0.15) is 11.3 Å². The Bertz CT molecular complexity index is 1540. The molecule has 0 fully saturated rings. The van der Waals surface area contributed by atoms with Crippen molar-refractivity contribution in [2.75, 3.05) is 11.7 Å². The molecule has 2 amide bonds. The minimum absolute atomic E-state index is 0.0489. The van der Waals surface area contributed by atoms with Crippen molar-refractivity contribution in [2.24, 2.45) is 0 Å². The number of hydrogen-bond acceptors (Lipinski definition) is 4. The molecule has 3 aromatic carbocycles. The van der Waals surface area contributed by atoms with E-state index in [0.29, 0.717) is 5.56 Å². The lowest BCUT2D eigenvalue weighted by Crippen LogP contribution is -2.50. The third-order valence-electron chi connectivity index (χ3n) is 6.18. The standard InChI is InChI=1S/C30H24F7N3O3.C2H6.CH3Cl/c1-19-14-15-25(38-18-19)28(17-20-8-3-2-4-9-20,21-10-7-11-22(16-21)42-29(33,34)26(31)32)40-27(41)39-23-12-5-6-13-24(23)43-30(35,36)37;2*1-2/h2-16,18,26H,17H2,1H3,(H2,39,40,41);1-2H3;1H3/t28-;;/m0../s1. The lowest BCUT2D eigenvalue weighted by Gasteiger charge is -2.36. The summed E-state index contributed by atoms with van der Waals surface area (Å²) in [6.45, 7) is 5.76. The van der Waals surface area contributed by atoms with E-state index in [0.717, 1.165) is 23.8 Å². The van der Waals surface area contributed by atoms with Crippen molar-refractivity contribution in [3.05, 3.63) is 120 Å². The number of aryl methyl sites for hydroxylation is 1. The molecule has 0 unspecified atom stereocenters. The Balaban J connectivity index is 0.00000185. The average Bonchev–Trinajstić information content (AvgIpc) is 3.03. The highest BCUT2D eigenvalue weighted by Gasteiger charge is 2.45. The maximum atomic E-state index is 13.8. The summed E-state index contributed by atoms with van der Waals surface area (Å²) < 4.78 is 101. The second-order valence-electron chi connectivity index (χ2n) is 9.40. The lowest BCUT2D eigenvalue weighted by molar-refractivity contribution is -0.274. The maximum absolute atomic E-state index is 13.8. The van der Waals surface area contributed by atoms with Gasteiger partial charge in [0.15, 0.2) is 5.75 Å². The number of hydrogen-bond donors (Lipinski definition) is 2. The second kappa shape index (κ2) is 17.4.